The Morgan fingerprint density at radius 3 is 2.57 bits per heavy atom. The molecule has 2 rings (SSSR count). The maximum Gasteiger partial charge on any atom is 0.186 e. The van der Waals surface area contributed by atoms with Crippen LogP contribution in [0.25, 0.3) is 6.08 Å². The first-order valence-corrected chi connectivity index (χ1v) is 7.67. The van der Waals surface area contributed by atoms with Gasteiger partial charge in [-0.15, -0.1) is 11.8 Å². The number of thioether (sulfide) groups is 1. The van der Waals surface area contributed by atoms with Gasteiger partial charge < -0.3 is 0 Å². The Hall–Kier alpha value is -2.31. The first kappa shape index (κ1) is 15.1. The van der Waals surface area contributed by atoms with Crippen LogP contribution in [0.4, 0.5) is 0 Å². The highest BCUT2D eigenvalue weighted by Crippen LogP contribution is 2.23. The highest BCUT2D eigenvalue weighted by molar-refractivity contribution is 7.99. The maximum atomic E-state index is 12.3. The number of hydrogen-bond donors (Lipinski definition) is 0. The molecular weight excluding hydrogens is 278 g/mol. The summed E-state index contributed by atoms with van der Waals surface area (Å²) in [7, 11) is 0. The van der Waals surface area contributed by atoms with Crippen molar-refractivity contribution in [2.24, 2.45) is 0 Å². The van der Waals surface area contributed by atoms with E-state index in [4.69, 9.17) is 5.26 Å². The van der Waals surface area contributed by atoms with Crippen LogP contribution in [-0.4, -0.2) is 11.5 Å². The fourth-order valence-electron chi connectivity index (χ4n) is 1.88. The van der Waals surface area contributed by atoms with E-state index >= 15 is 0 Å². The van der Waals surface area contributed by atoms with Gasteiger partial charge in [0.1, 0.15) is 0 Å². The molecule has 0 saturated heterocycles. The van der Waals surface area contributed by atoms with Crippen LogP contribution in [0, 0.1) is 11.3 Å². The third-order valence-corrected chi connectivity index (χ3v) is 3.87. The van der Waals surface area contributed by atoms with E-state index in [1.165, 1.54) is 0 Å². The monoisotopic (exact) mass is 293 g/mol. The fourth-order valence-corrected chi connectivity index (χ4v) is 2.69. The molecule has 0 aliphatic carbocycles. The molecule has 2 nitrogen and oxygen atoms in total. The average molecular weight is 293 g/mol. The zero-order valence-corrected chi connectivity index (χ0v) is 12.6. The number of allylic oxidation sites excluding steroid dienone is 1. The van der Waals surface area contributed by atoms with Crippen molar-refractivity contribution in [3.05, 3.63) is 71.3 Å². The molecule has 0 N–H and O–H groups in total. The van der Waals surface area contributed by atoms with Crippen LogP contribution in [0.1, 0.15) is 28.4 Å². The zero-order chi connectivity index (χ0) is 15.1. The number of carbonyl (C=O) groups excluding carboxylic acids is 1. The Morgan fingerprint density at radius 2 is 1.90 bits per heavy atom. The molecule has 0 aliphatic heterocycles. The van der Waals surface area contributed by atoms with Crippen molar-refractivity contribution in [2.45, 2.75) is 11.8 Å². The van der Waals surface area contributed by atoms with Crippen molar-refractivity contribution in [1.29, 1.82) is 5.26 Å². The minimum Gasteiger partial charge on any atom is -0.289 e. The van der Waals surface area contributed by atoms with Crippen LogP contribution in [0.2, 0.25) is 0 Å². The van der Waals surface area contributed by atoms with E-state index in [1.807, 2.05) is 36.4 Å². The number of nitrogens with zero attached hydrogens (tertiary/aromatic N) is 1. The van der Waals surface area contributed by atoms with Crippen LogP contribution in [-0.2, 0) is 0 Å². The molecule has 104 valence electrons. The molecule has 3 heteroatoms. The van der Waals surface area contributed by atoms with E-state index in [1.54, 1.807) is 36.0 Å². The van der Waals surface area contributed by atoms with Crippen LogP contribution in [0.5, 0.6) is 0 Å². The van der Waals surface area contributed by atoms with Gasteiger partial charge >= 0.3 is 0 Å². The summed E-state index contributed by atoms with van der Waals surface area (Å²) in [6, 6.07) is 16.9. The molecule has 0 saturated carbocycles. The molecule has 0 bridgehead atoms. The summed E-state index contributed by atoms with van der Waals surface area (Å²) in [5.74, 6) is 0.930. The molecule has 2 aromatic rings. The summed E-state index contributed by atoms with van der Waals surface area (Å²) in [6.07, 6.45) is 3.35. The molecule has 2 aromatic carbocycles. The summed E-state index contributed by atoms with van der Waals surface area (Å²) >= 11 is 1.67. The van der Waals surface area contributed by atoms with E-state index in [0.717, 1.165) is 21.8 Å². The molecule has 0 spiro atoms. The molecule has 0 amide bonds. The van der Waals surface area contributed by atoms with E-state index in [0.29, 0.717) is 5.56 Å². The molecule has 0 unspecified atom stereocenters. The third kappa shape index (κ3) is 4.08. The smallest absolute Gasteiger partial charge is 0.186 e. The van der Waals surface area contributed by atoms with Crippen molar-refractivity contribution >= 4 is 23.6 Å². The summed E-state index contributed by atoms with van der Waals surface area (Å²) in [4.78, 5) is 13.3. The van der Waals surface area contributed by atoms with Gasteiger partial charge in [0.25, 0.3) is 0 Å². The van der Waals surface area contributed by atoms with Crippen molar-refractivity contribution in [3.63, 3.8) is 0 Å². The van der Waals surface area contributed by atoms with Crippen molar-refractivity contribution in [3.8, 4) is 6.07 Å². The van der Waals surface area contributed by atoms with Gasteiger partial charge in [-0.25, -0.2) is 0 Å². The molecule has 0 aliphatic rings. The zero-order valence-electron chi connectivity index (χ0n) is 11.7. The molecule has 0 fully saturated rings. The Bertz CT molecular complexity index is 696. The quantitative estimate of drug-likeness (QED) is 0.461. The second kappa shape index (κ2) is 7.47. The summed E-state index contributed by atoms with van der Waals surface area (Å²) in [6.45, 7) is 2.07. The summed E-state index contributed by atoms with van der Waals surface area (Å²) < 4.78 is 0. The van der Waals surface area contributed by atoms with E-state index in [9.17, 15) is 4.79 Å². The average Bonchev–Trinajstić information content (AvgIpc) is 2.54. The second-order valence-electron chi connectivity index (χ2n) is 4.36. The molecule has 0 atom stereocenters. The van der Waals surface area contributed by atoms with Gasteiger partial charge in [0.05, 0.1) is 11.6 Å². The molecule has 0 radical (unpaired) electrons. The Morgan fingerprint density at radius 1 is 1.19 bits per heavy atom. The van der Waals surface area contributed by atoms with Crippen LogP contribution < -0.4 is 0 Å². The van der Waals surface area contributed by atoms with Gasteiger partial charge in [0, 0.05) is 10.5 Å². The Labute approximate surface area is 129 Å². The summed E-state index contributed by atoms with van der Waals surface area (Å²) in [5.41, 5.74) is 2.25. The van der Waals surface area contributed by atoms with Gasteiger partial charge in [0.15, 0.2) is 5.78 Å². The number of rotatable bonds is 5. The first-order chi connectivity index (χ1) is 10.2. The lowest BCUT2D eigenvalue weighted by Crippen LogP contribution is -1.96. The van der Waals surface area contributed by atoms with Gasteiger partial charge in [-0.05, 0) is 41.7 Å². The van der Waals surface area contributed by atoms with Crippen molar-refractivity contribution in [1.82, 2.24) is 0 Å². The predicted molar refractivity (Wildman–Crippen MR) is 87.4 cm³/mol. The highest BCUT2D eigenvalue weighted by Gasteiger charge is 2.07. The molecular formula is C18H15NOS. The number of ketones is 1. The van der Waals surface area contributed by atoms with Crippen LogP contribution in [0.15, 0.2) is 59.5 Å². The lowest BCUT2D eigenvalue weighted by molar-refractivity contribution is 0.104. The second-order valence-corrected chi connectivity index (χ2v) is 5.67. The number of hydrogen-bond acceptors (Lipinski definition) is 3. The number of nitriles is 1. The van der Waals surface area contributed by atoms with Crippen molar-refractivity contribution < 1.29 is 4.79 Å². The van der Waals surface area contributed by atoms with Crippen molar-refractivity contribution in [2.75, 3.05) is 5.75 Å². The highest BCUT2D eigenvalue weighted by atomic mass is 32.2. The maximum absolute atomic E-state index is 12.3. The lowest BCUT2D eigenvalue weighted by Gasteiger charge is -2.04. The van der Waals surface area contributed by atoms with E-state index in [2.05, 4.69) is 13.0 Å². The minimum atomic E-state index is -0.00379. The van der Waals surface area contributed by atoms with Crippen LogP contribution >= 0.6 is 11.8 Å². The fraction of sp³-hybridized carbons (Fsp3) is 0.111. The van der Waals surface area contributed by atoms with Gasteiger partial charge in [-0.3, -0.25) is 4.79 Å². The normalized spacial score (nSPS) is 10.5. The van der Waals surface area contributed by atoms with Gasteiger partial charge in [0.2, 0.25) is 0 Å². The lowest BCUT2D eigenvalue weighted by atomic mass is 10.1. The molecule has 21 heavy (non-hydrogen) atoms. The topological polar surface area (TPSA) is 40.9 Å². The Balaban J connectivity index is 2.17. The minimum absolute atomic E-state index is 0.00379. The SMILES string of the molecule is CCSc1ccccc1C(=O)C=Cc1ccc(C#N)cc1. The first-order valence-electron chi connectivity index (χ1n) is 6.69. The van der Waals surface area contributed by atoms with Crippen LogP contribution in [0.3, 0.4) is 0 Å². The van der Waals surface area contributed by atoms with E-state index < -0.39 is 0 Å². The molecule has 0 heterocycles. The van der Waals surface area contributed by atoms with Gasteiger partial charge in [-0.1, -0.05) is 37.3 Å². The standard InChI is InChI=1S/C18H15NOS/c1-2-21-18-6-4-3-5-16(18)17(20)12-11-14-7-9-15(13-19)10-8-14/h3-12H,2H2,1H3. The Kier molecular flexibility index (Phi) is 5.36. The third-order valence-electron chi connectivity index (χ3n) is 2.92. The number of benzene rings is 2. The molecule has 0 aromatic heterocycles. The number of carbonyl (C=O) groups is 1. The van der Waals surface area contributed by atoms with Gasteiger partial charge in [-0.2, -0.15) is 5.26 Å². The largest absolute Gasteiger partial charge is 0.289 e. The predicted octanol–water partition coefficient (Wildman–Crippen LogP) is 4.57. The summed E-state index contributed by atoms with van der Waals surface area (Å²) in [5, 5.41) is 8.75. The van der Waals surface area contributed by atoms with E-state index in [-0.39, 0.29) is 5.78 Å².